The van der Waals surface area contributed by atoms with Crippen molar-refractivity contribution >= 4 is 17.4 Å². The van der Waals surface area contributed by atoms with Gasteiger partial charge in [-0.1, -0.05) is 0 Å². The summed E-state index contributed by atoms with van der Waals surface area (Å²) in [6.07, 6.45) is 7.54. The van der Waals surface area contributed by atoms with E-state index in [1.54, 1.807) is 0 Å². The summed E-state index contributed by atoms with van der Waals surface area (Å²) in [7, 11) is 0. The van der Waals surface area contributed by atoms with Crippen LogP contribution in [0.3, 0.4) is 0 Å². The van der Waals surface area contributed by atoms with Crippen LogP contribution in [0, 0.1) is 11.8 Å². The summed E-state index contributed by atoms with van der Waals surface area (Å²) in [6, 6.07) is 7.43. The average Bonchev–Trinajstić information content (AvgIpc) is 2.61. The van der Waals surface area contributed by atoms with Crippen LogP contribution in [-0.4, -0.2) is 32.0 Å². The molecule has 3 atom stereocenters. The van der Waals surface area contributed by atoms with E-state index in [9.17, 15) is 0 Å². The Morgan fingerprint density at radius 2 is 2.05 bits per heavy atom. The third kappa shape index (κ3) is 2.66. The van der Waals surface area contributed by atoms with Gasteiger partial charge in [-0.2, -0.15) is 0 Å². The highest BCUT2D eigenvalue weighted by Crippen LogP contribution is 2.47. The summed E-state index contributed by atoms with van der Waals surface area (Å²) in [5, 5.41) is 7.40. The zero-order valence-electron chi connectivity index (χ0n) is 13.3. The van der Waals surface area contributed by atoms with Crippen LogP contribution < -0.4 is 10.6 Å². The largest absolute Gasteiger partial charge is 0.381 e. The number of piperidine rings is 1. The standard InChI is InChI=1S/C18H26N2OS/c1-22-13-4-5-16-15(11-13)18-14(3-2-10-21-18)17(20-16)12-6-8-19-9-7-12/h4-5,11-12,14,17-20H,2-3,6-10H2,1H3. The minimum absolute atomic E-state index is 0.303. The number of hydrogen-bond acceptors (Lipinski definition) is 4. The number of anilines is 1. The van der Waals surface area contributed by atoms with E-state index in [1.807, 2.05) is 11.8 Å². The van der Waals surface area contributed by atoms with Gasteiger partial charge in [0.25, 0.3) is 0 Å². The summed E-state index contributed by atoms with van der Waals surface area (Å²) in [5.41, 5.74) is 2.70. The van der Waals surface area contributed by atoms with Crippen LogP contribution in [0.1, 0.15) is 37.4 Å². The summed E-state index contributed by atoms with van der Waals surface area (Å²) < 4.78 is 6.26. The highest BCUT2D eigenvalue weighted by molar-refractivity contribution is 7.98. The van der Waals surface area contributed by atoms with Gasteiger partial charge in [-0.3, -0.25) is 0 Å². The van der Waals surface area contributed by atoms with E-state index in [0.29, 0.717) is 18.1 Å². The number of nitrogens with one attached hydrogen (secondary N) is 2. The summed E-state index contributed by atoms with van der Waals surface area (Å²) >= 11 is 1.82. The van der Waals surface area contributed by atoms with E-state index in [4.69, 9.17) is 4.74 Å². The number of rotatable bonds is 2. The first-order valence-corrected chi connectivity index (χ1v) is 9.86. The molecule has 1 aromatic carbocycles. The van der Waals surface area contributed by atoms with E-state index in [0.717, 1.165) is 12.5 Å². The lowest BCUT2D eigenvalue weighted by atomic mass is 9.73. The van der Waals surface area contributed by atoms with Gasteiger partial charge in [0.05, 0.1) is 6.10 Å². The van der Waals surface area contributed by atoms with E-state index >= 15 is 0 Å². The van der Waals surface area contributed by atoms with Gasteiger partial charge < -0.3 is 15.4 Å². The summed E-state index contributed by atoms with van der Waals surface area (Å²) in [4.78, 5) is 1.34. The molecule has 4 heteroatoms. The lowest BCUT2D eigenvalue weighted by Crippen LogP contribution is -2.48. The molecule has 0 aliphatic carbocycles. The molecule has 0 bridgehead atoms. The molecule has 3 nitrogen and oxygen atoms in total. The average molecular weight is 318 g/mol. The van der Waals surface area contributed by atoms with Gasteiger partial charge in [0.2, 0.25) is 0 Å². The quantitative estimate of drug-likeness (QED) is 0.815. The van der Waals surface area contributed by atoms with Crippen molar-refractivity contribution in [3.05, 3.63) is 23.8 Å². The first-order valence-electron chi connectivity index (χ1n) is 8.63. The molecule has 3 heterocycles. The molecule has 22 heavy (non-hydrogen) atoms. The van der Waals surface area contributed by atoms with Crippen LogP contribution in [0.15, 0.2) is 23.1 Å². The molecule has 3 unspecified atom stereocenters. The second-order valence-electron chi connectivity index (χ2n) is 6.81. The monoisotopic (exact) mass is 318 g/mol. The Kier molecular flexibility index (Phi) is 4.34. The van der Waals surface area contributed by atoms with Crippen molar-refractivity contribution in [2.75, 3.05) is 31.3 Å². The Bertz CT molecular complexity index is 530. The fourth-order valence-electron chi connectivity index (χ4n) is 4.48. The molecular weight excluding hydrogens is 292 g/mol. The Labute approximate surface area is 137 Å². The van der Waals surface area contributed by atoms with Crippen molar-refractivity contribution in [2.24, 2.45) is 11.8 Å². The molecule has 4 rings (SSSR count). The number of hydrogen-bond donors (Lipinski definition) is 2. The molecule has 0 aromatic heterocycles. The molecule has 1 aromatic rings. The first kappa shape index (κ1) is 14.9. The summed E-state index contributed by atoms with van der Waals surface area (Å²) in [5.74, 6) is 1.42. The number of fused-ring (bicyclic) bond motifs is 3. The first-order chi connectivity index (χ1) is 10.9. The van der Waals surface area contributed by atoms with Crippen molar-refractivity contribution in [1.82, 2.24) is 5.32 Å². The molecular formula is C18H26N2OS. The Morgan fingerprint density at radius 1 is 1.18 bits per heavy atom. The van der Waals surface area contributed by atoms with Gasteiger partial charge in [-0.05, 0) is 69.1 Å². The van der Waals surface area contributed by atoms with Crippen LogP contribution >= 0.6 is 11.8 Å². The van der Waals surface area contributed by atoms with Crippen LogP contribution in [0.2, 0.25) is 0 Å². The SMILES string of the molecule is CSc1ccc2c(c1)C1OCCCC1C(C1CCNCC1)N2. The van der Waals surface area contributed by atoms with Crippen LogP contribution in [0.25, 0.3) is 0 Å². The molecule has 3 aliphatic rings. The maximum atomic E-state index is 6.26. The predicted octanol–water partition coefficient (Wildman–Crippen LogP) is 3.67. The van der Waals surface area contributed by atoms with E-state index < -0.39 is 0 Å². The topological polar surface area (TPSA) is 33.3 Å². The lowest BCUT2D eigenvalue weighted by Gasteiger charge is -2.47. The van der Waals surface area contributed by atoms with Crippen molar-refractivity contribution in [3.63, 3.8) is 0 Å². The number of benzene rings is 1. The summed E-state index contributed by atoms with van der Waals surface area (Å²) in [6.45, 7) is 3.25. The van der Waals surface area contributed by atoms with Gasteiger partial charge in [0, 0.05) is 34.7 Å². The van der Waals surface area contributed by atoms with E-state index in [2.05, 4.69) is 35.1 Å². The van der Waals surface area contributed by atoms with E-state index in [1.165, 1.54) is 54.9 Å². The highest BCUT2D eigenvalue weighted by Gasteiger charge is 2.42. The second kappa shape index (κ2) is 6.42. The fourth-order valence-corrected chi connectivity index (χ4v) is 4.93. The van der Waals surface area contributed by atoms with Crippen molar-refractivity contribution in [3.8, 4) is 0 Å². The third-order valence-electron chi connectivity index (χ3n) is 5.61. The molecule has 0 spiro atoms. The molecule has 2 saturated heterocycles. The molecule has 2 fully saturated rings. The fraction of sp³-hybridized carbons (Fsp3) is 0.667. The van der Waals surface area contributed by atoms with Crippen LogP contribution in [-0.2, 0) is 4.74 Å². The van der Waals surface area contributed by atoms with Crippen molar-refractivity contribution in [2.45, 2.75) is 42.7 Å². The lowest BCUT2D eigenvalue weighted by molar-refractivity contribution is -0.0455. The highest BCUT2D eigenvalue weighted by atomic mass is 32.2. The Hall–Kier alpha value is -0.710. The molecule has 0 saturated carbocycles. The van der Waals surface area contributed by atoms with Gasteiger partial charge in [0.15, 0.2) is 0 Å². The minimum Gasteiger partial charge on any atom is -0.381 e. The zero-order chi connectivity index (χ0) is 14.9. The Balaban J connectivity index is 1.67. The zero-order valence-corrected chi connectivity index (χ0v) is 14.1. The molecule has 120 valence electrons. The predicted molar refractivity (Wildman–Crippen MR) is 92.6 cm³/mol. The van der Waals surface area contributed by atoms with Crippen molar-refractivity contribution < 1.29 is 4.74 Å². The van der Waals surface area contributed by atoms with Crippen molar-refractivity contribution in [1.29, 1.82) is 0 Å². The maximum absolute atomic E-state index is 6.26. The van der Waals surface area contributed by atoms with Gasteiger partial charge in [0.1, 0.15) is 0 Å². The van der Waals surface area contributed by atoms with E-state index in [-0.39, 0.29) is 0 Å². The smallest absolute Gasteiger partial charge is 0.0892 e. The minimum atomic E-state index is 0.303. The van der Waals surface area contributed by atoms with Gasteiger partial charge in [-0.15, -0.1) is 11.8 Å². The molecule has 2 N–H and O–H groups in total. The second-order valence-corrected chi connectivity index (χ2v) is 7.69. The van der Waals surface area contributed by atoms with Gasteiger partial charge >= 0.3 is 0 Å². The number of thioether (sulfide) groups is 1. The third-order valence-corrected chi connectivity index (χ3v) is 6.33. The molecule has 0 radical (unpaired) electrons. The van der Waals surface area contributed by atoms with Gasteiger partial charge in [-0.25, -0.2) is 0 Å². The molecule has 0 amide bonds. The normalized spacial score (nSPS) is 32.0. The Morgan fingerprint density at radius 3 is 2.86 bits per heavy atom. The molecule has 3 aliphatic heterocycles. The van der Waals surface area contributed by atoms with Crippen LogP contribution in [0.4, 0.5) is 5.69 Å². The maximum Gasteiger partial charge on any atom is 0.0892 e. The number of ether oxygens (including phenoxy) is 1. The van der Waals surface area contributed by atoms with Crippen LogP contribution in [0.5, 0.6) is 0 Å².